The summed E-state index contributed by atoms with van der Waals surface area (Å²) < 4.78 is 0. The molecule has 1 aliphatic carbocycles. The molecule has 0 saturated heterocycles. The third-order valence-corrected chi connectivity index (χ3v) is 0.354. The van der Waals surface area contributed by atoms with Crippen LogP contribution in [0.2, 0.25) is 0 Å². The molecule has 0 bridgehead atoms. The van der Waals surface area contributed by atoms with Crippen LogP contribution in [0.5, 0.6) is 0 Å². The molecule has 1 rings (SSSR count). The number of hydrogen-bond donors (Lipinski definition) is 0. The fourth-order valence-electron chi connectivity index (χ4n) is 0. The van der Waals surface area contributed by atoms with Crippen LogP contribution in [0.3, 0.4) is 0 Å². The normalized spacial score (nSPS) is 13.3. The van der Waals surface area contributed by atoms with Gasteiger partial charge >= 0.3 is 0 Å². The molecule has 0 spiro atoms. The predicted octanol–water partition coefficient (Wildman–Crippen LogP) is 2.04. The SMILES string of the molecule is C1CC1.[N-]=[N+]=[N-]. The van der Waals surface area contributed by atoms with Crippen molar-refractivity contribution in [2.45, 2.75) is 19.3 Å². The highest BCUT2D eigenvalue weighted by atomic mass is 15.0. The van der Waals surface area contributed by atoms with E-state index in [4.69, 9.17) is 11.1 Å². The molecule has 1 aliphatic rings. The van der Waals surface area contributed by atoms with E-state index in [1.165, 1.54) is 24.2 Å². The first kappa shape index (κ1) is 5.31. The van der Waals surface area contributed by atoms with E-state index in [1.54, 1.807) is 0 Å². The first-order chi connectivity index (χ1) is 2.91. The van der Waals surface area contributed by atoms with E-state index in [9.17, 15) is 0 Å². The second-order valence-electron chi connectivity index (χ2n) is 1.15. The van der Waals surface area contributed by atoms with Crippen molar-refractivity contribution in [3.05, 3.63) is 16.0 Å². The summed E-state index contributed by atoms with van der Waals surface area (Å²) in [6.45, 7) is 0. The lowest BCUT2D eigenvalue weighted by Gasteiger charge is -1.31. The minimum Gasteiger partial charge on any atom is -0.373 e. The zero-order valence-electron chi connectivity index (χ0n) is 3.46. The molecule has 3 nitrogen and oxygen atoms in total. The van der Waals surface area contributed by atoms with Gasteiger partial charge in [-0.1, -0.05) is 19.3 Å². The van der Waals surface area contributed by atoms with Crippen molar-refractivity contribution >= 4 is 0 Å². The van der Waals surface area contributed by atoms with Gasteiger partial charge in [-0.15, -0.1) is 0 Å². The van der Waals surface area contributed by atoms with Gasteiger partial charge in [-0.25, -0.2) is 0 Å². The quantitative estimate of drug-likeness (QED) is 0.245. The van der Waals surface area contributed by atoms with Crippen LogP contribution >= 0.6 is 0 Å². The van der Waals surface area contributed by atoms with Gasteiger partial charge in [0, 0.05) is 0 Å². The summed E-state index contributed by atoms with van der Waals surface area (Å²) in [5.41, 5.74) is 13.5. The van der Waals surface area contributed by atoms with Crippen molar-refractivity contribution in [1.29, 1.82) is 0 Å². The maximum Gasteiger partial charge on any atom is -0.0533 e. The molecule has 6 heavy (non-hydrogen) atoms. The molecule has 34 valence electrons. The molecule has 0 aromatic heterocycles. The van der Waals surface area contributed by atoms with Crippen molar-refractivity contribution in [2.75, 3.05) is 0 Å². The molecule has 0 aliphatic heterocycles. The van der Waals surface area contributed by atoms with Crippen LogP contribution in [0.1, 0.15) is 19.3 Å². The average molecular weight is 84.1 g/mol. The standard InChI is InChI=1S/C3H6.N3/c1-2-3-1;1-3-2/h1-3H2;/q;-1. The van der Waals surface area contributed by atoms with Crippen molar-refractivity contribution in [3.8, 4) is 0 Å². The van der Waals surface area contributed by atoms with E-state index in [0.29, 0.717) is 0 Å². The Morgan fingerprint density at radius 3 is 1.17 bits per heavy atom. The van der Waals surface area contributed by atoms with Crippen molar-refractivity contribution in [3.63, 3.8) is 0 Å². The molecule has 0 unspecified atom stereocenters. The van der Waals surface area contributed by atoms with Gasteiger partial charge < -0.3 is 11.1 Å². The van der Waals surface area contributed by atoms with Crippen molar-refractivity contribution in [1.82, 2.24) is 0 Å². The largest absolute Gasteiger partial charge is 0.373 e. The smallest absolute Gasteiger partial charge is 0.0533 e. The Balaban J connectivity index is 0.0000000833. The van der Waals surface area contributed by atoms with Crippen LogP contribution in [0.4, 0.5) is 0 Å². The molecule has 0 aromatic carbocycles. The van der Waals surface area contributed by atoms with E-state index < -0.39 is 0 Å². The van der Waals surface area contributed by atoms with Gasteiger partial charge in [0.25, 0.3) is 0 Å². The predicted molar refractivity (Wildman–Crippen MR) is 23.9 cm³/mol. The Labute approximate surface area is 36.4 Å². The second kappa shape index (κ2) is 4.31. The Bertz CT molecular complexity index is 48.3. The van der Waals surface area contributed by atoms with Gasteiger partial charge in [-0.2, -0.15) is 0 Å². The lowest BCUT2D eigenvalue weighted by Crippen LogP contribution is -0.856. The molecular weight excluding hydrogens is 78.1 g/mol. The van der Waals surface area contributed by atoms with E-state index in [0.717, 1.165) is 0 Å². The number of nitrogens with zero attached hydrogens (tertiary/aromatic N) is 3. The Hall–Kier alpha value is -0.690. The number of rotatable bonds is 0. The van der Waals surface area contributed by atoms with E-state index >= 15 is 0 Å². The summed E-state index contributed by atoms with van der Waals surface area (Å²) in [5, 5.41) is 0. The zero-order chi connectivity index (χ0) is 4.83. The summed E-state index contributed by atoms with van der Waals surface area (Å²) in [7, 11) is 0. The maximum absolute atomic E-state index is 6.75. The van der Waals surface area contributed by atoms with Crippen LogP contribution in [-0.4, -0.2) is 0 Å². The molecule has 0 N–H and O–H groups in total. The van der Waals surface area contributed by atoms with Crippen molar-refractivity contribution in [2.24, 2.45) is 0 Å². The first-order valence-corrected chi connectivity index (χ1v) is 1.90. The minimum atomic E-state index is 1.50. The molecular formula is C3H6N3-. The van der Waals surface area contributed by atoms with Gasteiger partial charge in [-0.3, -0.25) is 4.91 Å². The van der Waals surface area contributed by atoms with Gasteiger partial charge in [0.2, 0.25) is 0 Å². The van der Waals surface area contributed by atoms with E-state index in [-0.39, 0.29) is 0 Å². The van der Waals surface area contributed by atoms with Gasteiger partial charge in [-0.05, 0) is 0 Å². The summed E-state index contributed by atoms with van der Waals surface area (Å²) in [5.74, 6) is 0. The fourth-order valence-corrected chi connectivity index (χ4v) is 0. The molecule has 1 fully saturated rings. The molecule has 0 aromatic rings. The Morgan fingerprint density at radius 1 is 1.00 bits per heavy atom. The zero-order valence-corrected chi connectivity index (χ0v) is 3.46. The van der Waals surface area contributed by atoms with Crippen LogP contribution in [0, 0.1) is 0 Å². The molecule has 0 radical (unpaired) electrons. The lowest BCUT2D eigenvalue weighted by atomic mass is 11.0. The van der Waals surface area contributed by atoms with Gasteiger partial charge in [0.1, 0.15) is 0 Å². The second-order valence-corrected chi connectivity index (χ2v) is 1.15. The third kappa shape index (κ3) is 184. The lowest BCUT2D eigenvalue weighted by molar-refractivity contribution is 1.50. The highest BCUT2D eigenvalue weighted by molar-refractivity contribution is 4.50. The first-order valence-electron chi connectivity index (χ1n) is 1.90. The average Bonchev–Trinajstić information content (AvgIpc) is 2.11. The highest BCUT2D eigenvalue weighted by Gasteiger charge is 1.95. The molecule has 0 amide bonds. The molecule has 0 atom stereocenters. The third-order valence-electron chi connectivity index (χ3n) is 0.354. The molecule has 1 saturated carbocycles. The fraction of sp³-hybridized carbons (Fsp3) is 1.00. The number of hydrogen-bond acceptors (Lipinski definition) is 0. The van der Waals surface area contributed by atoms with Gasteiger partial charge in [0.05, 0.1) is 0 Å². The summed E-state index contributed by atoms with van der Waals surface area (Å²) in [6, 6.07) is 0. The summed E-state index contributed by atoms with van der Waals surface area (Å²) in [6.07, 6.45) is 4.50. The van der Waals surface area contributed by atoms with E-state index in [2.05, 4.69) is 0 Å². The monoisotopic (exact) mass is 84.1 g/mol. The van der Waals surface area contributed by atoms with Crippen LogP contribution in [0.15, 0.2) is 0 Å². The molecule has 3 heteroatoms. The topological polar surface area (TPSA) is 58.7 Å². The minimum absolute atomic E-state index is 1.50. The van der Waals surface area contributed by atoms with Crippen LogP contribution in [0.25, 0.3) is 16.0 Å². The van der Waals surface area contributed by atoms with Crippen molar-refractivity contribution < 1.29 is 0 Å². The molecule has 0 heterocycles. The Morgan fingerprint density at radius 2 is 1.17 bits per heavy atom. The summed E-state index contributed by atoms with van der Waals surface area (Å²) in [4.78, 5) is 1.50. The summed E-state index contributed by atoms with van der Waals surface area (Å²) >= 11 is 0. The van der Waals surface area contributed by atoms with Crippen LogP contribution < -0.4 is 0 Å². The highest BCUT2D eigenvalue weighted by Crippen LogP contribution is 2.14. The maximum atomic E-state index is 6.75. The van der Waals surface area contributed by atoms with Crippen LogP contribution in [-0.2, 0) is 0 Å². The van der Waals surface area contributed by atoms with E-state index in [1.807, 2.05) is 0 Å². The van der Waals surface area contributed by atoms with Gasteiger partial charge in [0.15, 0.2) is 0 Å². The Kier molecular flexibility index (Phi) is 3.81.